The Labute approximate surface area is 144 Å². The SMILES string of the molecule is CC1=C(CCN2Cc3cn(C)nc3C(C(N)=O)C2)C(C)(C)CCC1. The standard InChI is InChI=1S/C19H30N4O/c1-13-6-5-8-19(2,3)16(13)7-9-23-11-14-10-22(4)21-17(14)15(12-23)18(20)24/h10,15H,5-9,11-12H2,1-4H3,(H2,20,24). The quantitative estimate of drug-likeness (QED) is 0.863. The Hall–Kier alpha value is -1.62. The summed E-state index contributed by atoms with van der Waals surface area (Å²) in [5, 5.41) is 4.45. The summed E-state index contributed by atoms with van der Waals surface area (Å²) < 4.78 is 1.79. The zero-order chi connectivity index (χ0) is 17.5. The van der Waals surface area contributed by atoms with Gasteiger partial charge < -0.3 is 5.73 Å². The molecule has 1 aliphatic heterocycles. The zero-order valence-corrected chi connectivity index (χ0v) is 15.4. The lowest BCUT2D eigenvalue weighted by molar-refractivity contribution is -0.120. The fraction of sp³-hybridized carbons (Fsp3) is 0.684. The molecule has 3 rings (SSSR count). The number of rotatable bonds is 4. The molecule has 5 nitrogen and oxygen atoms in total. The molecular weight excluding hydrogens is 300 g/mol. The molecule has 1 amide bonds. The lowest BCUT2D eigenvalue weighted by Crippen LogP contribution is -2.40. The van der Waals surface area contributed by atoms with Gasteiger partial charge in [-0.25, -0.2) is 0 Å². The summed E-state index contributed by atoms with van der Waals surface area (Å²) >= 11 is 0. The maximum Gasteiger partial charge on any atom is 0.227 e. The summed E-state index contributed by atoms with van der Waals surface area (Å²) in [5.41, 5.74) is 11.1. The smallest absolute Gasteiger partial charge is 0.227 e. The van der Waals surface area contributed by atoms with E-state index in [9.17, 15) is 4.79 Å². The van der Waals surface area contributed by atoms with Gasteiger partial charge in [-0.2, -0.15) is 5.10 Å². The number of aromatic nitrogens is 2. The molecule has 2 aliphatic rings. The average molecular weight is 330 g/mol. The second-order valence-electron chi connectivity index (χ2n) is 8.15. The minimum Gasteiger partial charge on any atom is -0.369 e. The van der Waals surface area contributed by atoms with Gasteiger partial charge in [0.25, 0.3) is 0 Å². The Morgan fingerprint density at radius 3 is 2.88 bits per heavy atom. The topological polar surface area (TPSA) is 64.2 Å². The minimum absolute atomic E-state index is 0.270. The normalized spacial score (nSPS) is 24.1. The van der Waals surface area contributed by atoms with Crippen molar-refractivity contribution in [3.63, 3.8) is 0 Å². The highest BCUT2D eigenvalue weighted by atomic mass is 16.1. The van der Waals surface area contributed by atoms with Gasteiger partial charge in [0.1, 0.15) is 0 Å². The van der Waals surface area contributed by atoms with Crippen molar-refractivity contribution in [3.8, 4) is 0 Å². The summed E-state index contributed by atoms with van der Waals surface area (Å²) in [7, 11) is 1.90. The first-order chi connectivity index (χ1) is 11.3. The monoisotopic (exact) mass is 330 g/mol. The predicted molar refractivity (Wildman–Crippen MR) is 95.4 cm³/mol. The van der Waals surface area contributed by atoms with Crippen molar-refractivity contribution in [2.45, 2.75) is 58.9 Å². The van der Waals surface area contributed by atoms with Crippen LogP contribution in [0.4, 0.5) is 0 Å². The van der Waals surface area contributed by atoms with Gasteiger partial charge in [-0.15, -0.1) is 0 Å². The lowest BCUT2D eigenvalue weighted by Gasteiger charge is -2.37. The molecule has 5 heteroatoms. The van der Waals surface area contributed by atoms with Crippen LogP contribution >= 0.6 is 0 Å². The molecule has 1 aliphatic carbocycles. The van der Waals surface area contributed by atoms with Gasteiger partial charge in [-0.1, -0.05) is 25.0 Å². The number of allylic oxidation sites excluding steroid dienone is 1. The number of aryl methyl sites for hydroxylation is 1. The number of carbonyl (C=O) groups is 1. The van der Waals surface area contributed by atoms with Crippen LogP contribution in [-0.4, -0.2) is 33.7 Å². The van der Waals surface area contributed by atoms with Gasteiger partial charge >= 0.3 is 0 Å². The molecule has 1 unspecified atom stereocenters. The van der Waals surface area contributed by atoms with Crippen LogP contribution in [0, 0.1) is 5.41 Å². The Morgan fingerprint density at radius 2 is 2.21 bits per heavy atom. The van der Waals surface area contributed by atoms with Gasteiger partial charge in [0.2, 0.25) is 5.91 Å². The highest BCUT2D eigenvalue weighted by Gasteiger charge is 2.33. The summed E-state index contributed by atoms with van der Waals surface area (Å²) in [6, 6.07) is 0. The summed E-state index contributed by atoms with van der Waals surface area (Å²) in [6.45, 7) is 9.55. The number of hydrogen-bond donors (Lipinski definition) is 1. The average Bonchev–Trinajstić information content (AvgIpc) is 2.85. The highest BCUT2D eigenvalue weighted by molar-refractivity contribution is 5.82. The van der Waals surface area contributed by atoms with Crippen molar-refractivity contribution in [1.82, 2.24) is 14.7 Å². The number of fused-ring (bicyclic) bond motifs is 1. The van der Waals surface area contributed by atoms with E-state index in [2.05, 4.69) is 30.8 Å². The molecule has 0 saturated carbocycles. The van der Waals surface area contributed by atoms with E-state index in [0.29, 0.717) is 12.0 Å². The number of primary amides is 1. The van der Waals surface area contributed by atoms with E-state index >= 15 is 0 Å². The van der Waals surface area contributed by atoms with Gasteiger partial charge in [-0.3, -0.25) is 14.4 Å². The summed E-state index contributed by atoms with van der Waals surface area (Å²) in [6.07, 6.45) is 6.91. The minimum atomic E-state index is -0.288. The summed E-state index contributed by atoms with van der Waals surface area (Å²) in [5.74, 6) is -0.558. The predicted octanol–water partition coefficient (Wildman–Crippen LogP) is 2.72. The van der Waals surface area contributed by atoms with E-state index in [-0.39, 0.29) is 11.8 Å². The van der Waals surface area contributed by atoms with E-state index in [1.165, 1.54) is 19.3 Å². The molecule has 1 aromatic heterocycles. The second kappa shape index (κ2) is 6.36. The van der Waals surface area contributed by atoms with E-state index in [1.54, 1.807) is 15.8 Å². The third kappa shape index (κ3) is 3.27. The Morgan fingerprint density at radius 1 is 1.46 bits per heavy atom. The maximum atomic E-state index is 11.9. The number of nitrogens with zero attached hydrogens (tertiary/aromatic N) is 3. The molecule has 24 heavy (non-hydrogen) atoms. The third-order valence-electron chi connectivity index (χ3n) is 5.81. The van der Waals surface area contributed by atoms with E-state index in [0.717, 1.165) is 30.8 Å². The number of nitrogens with two attached hydrogens (primary N) is 1. The summed E-state index contributed by atoms with van der Waals surface area (Å²) in [4.78, 5) is 14.2. The molecule has 0 aromatic carbocycles. The second-order valence-corrected chi connectivity index (χ2v) is 8.15. The molecule has 0 spiro atoms. The first-order valence-corrected chi connectivity index (χ1v) is 9.01. The zero-order valence-electron chi connectivity index (χ0n) is 15.4. The van der Waals surface area contributed by atoms with Gasteiger partial charge in [0.15, 0.2) is 0 Å². The van der Waals surface area contributed by atoms with Crippen molar-refractivity contribution in [2.75, 3.05) is 13.1 Å². The highest BCUT2D eigenvalue weighted by Crippen LogP contribution is 2.42. The van der Waals surface area contributed by atoms with Crippen LogP contribution in [0.3, 0.4) is 0 Å². The van der Waals surface area contributed by atoms with Crippen LogP contribution in [-0.2, 0) is 18.4 Å². The van der Waals surface area contributed by atoms with Crippen molar-refractivity contribution in [1.29, 1.82) is 0 Å². The molecule has 1 atom stereocenters. The van der Waals surface area contributed by atoms with Crippen LogP contribution in [0.2, 0.25) is 0 Å². The third-order valence-corrected chi connectivity index (χ3v) is 5.81. The first kappa shape index (κ1) is 17.2. The number of hydrogen-bond acceptors (Lipinski definition) is 3. The molecule has 0 bridgehead atoms. The van der Waals surface area contributed by atoms with Crippen LogP contribution < -0.4 is 5.73 Å². The van der Waals surface area contributed by atoms with E-state index < -0.39 is 0 Å². The van der Waals surface area contributed by atoms with Gasteiger partial charge in [0.05, 0.1) is 11.6 Å². The Kier molecular flexibility index (Phi) is 4.56. The van der Waals surface area contributed by atoms with Crippen molar-refractivity contribution < 1.29 is 4.79 Å². The van der Waals surface area contributed by atoms with Gasteiger partial charge in [0, 0.05) is 38.4 Å². The van der Waals surface area contributed by atoms with E-state index in [4.69, 9.17) is 5.73 Å². The van der Waals surface area contributed by atoms with Crippen LogP contribution in [0.5, 0.6) is 0 Å². The van der Waals surface area contributed by atoms with Crippen molar-refractivity contribution in [3.05, 3.63) is 28.6 Å². The molecule has 2 N–H and O–H groups in total. The maximum absolute atomic E-state index is 11.9. The van der Waals surface area contributed by atoms with Crippen molar-refractivity contribution >= 4 is 5.91 Å². The molecule has 0 fully saturated rings. The van der Waals surface area contributed by atoms with Crippen LogP contribution in [0.25, 0.3) is 0 Å². The van der Waals surface area contributed by atoms with Crippen LogP contribution in [0.15, 0.2) is 17.3 Å². The molecule has 0 radical (unpaired) electrons. The van der Waals surface area contributed by atoms with Crippen LogP contribution in [0.1, 0.15) is 63.6 Å². The van der Waals surface area contributed by atoms with Crippen molar-refractivity contribution in [2.24, 2.45) is 18.2 Å². The molecule has 132 valence electrons. The first-order valence-electron chi connectivity index (χ1n) is 9.01. The number of carbonyl (C=O) groups excluding carboxylic acids is 1. The Bertz CT molecular complexity index is 671. The molecule has 2 heterocycles. The van der Waals surface area contributed by atoms with Gasteiger partial charge in [-0.05, 0) is 38.0 Å². The number of amides is 1. The fourth-order valence-corrected chi connectivity index (χ4v) is 4.51. The molecule has 0 saturated heterocycles. The molecule has 1 aromatic rings. The molecular formula is C19H30N4O. The largest absolute Gasteiger partial charge is 0.369 e. The fourth-order valence-electron chi connectivity index (χ4n) is 4.51. The van der Waals surface area contributed by atoms with E-state index in [1.807, 2.05) is 13.2 Å². The lowest BCUT2D eigenvalue weighted by atomic mass is 9.71. The Balaban J connectivity index is 1.74.